The summed E-state index contributed by atoms with van der Waals surface area (Å²) in [7, 11) is 0. The molecule has 0 aliphatic heterocycles. The van der Waals surface area contributed by atoms with Crippen molar-refractivity contribution in [3.8, 4) is 22.8 Å². The Kier molecular flexibility index (Phi) is 3.33. The van der Waals surface area contributed by atoms with E-state index in [1.165, 1.54) is 0 Å². The van der Waals surface area contributed by atoms with E-state index in [0.717, 1.165) is 27.2 Å². The van der Waals surface area contributed by atoms with Crippen LogP contribution >= 0.6 is 15.9 Å². The third-order valence-corrected chi connectivity index (χ3v) is 3.32. The molecule has 0 unspecified atom stereocenters. The van der Waals surface area contributed by atoms with Crippen molar-refractivity contribution in [2.24, 2.45) is 0 Å². The maximum absolute atomic E-state index is 4.62. The first-order valence-corrected chi connectivity index (χ1v) is 6.63. The molecule has 3 rings (SSSR count). The number of rotatable bonds is 2. The predicted molar refractivity (Wildman–Crippen MR) is 78.4 cm³/mol. The number of aromatic nitrogens is 3. The SMILES string of the molecule is Brc1cccnc1-c1cccc(-c2ccccn2)n1. The van der Waals surface area contributed by atoms with Crippen LogP contribution in [-0.2, 0) is 0 Å². The van der Waals surface area contributed by atoms with Crippen molar-refractivity contribution in [1.29, 1.82) is 0 Å². The smallest absolute Gasteiger partial charge is 0.103 e. The van der Waals surface area contributed by atoms with E-state index in [1.54, 1.807) is 12.4 Å². The van der Waals surface area contributed by atoms with Crippen LogP contribution < -0.4 is 0 Å². The molecule has 0 amide bonds. The lowest BCUT2D eigenvalue weighted by molar-refractivity contribution is 1.21. The molecular formula is C15H10BrN3. The standard InChI is InChI=1S/C15H10BrN3/c16-11-5-4-10-18-15(11)14-8-3-7-13(19-14)12-6-1-2-9-17-12/h1-10H. The second kappa shape index (κ2) is 5.28. The largest absolute Gasteiger partial charge is 0.255 e. The number of hydrogen-bond acceptors (Lipinski definition) is 3. The van der Waals surface area contributed by atoms with Crippen LogP contribution in [0.25, 0.3) is 22.8 Å². The minimum atomic E-state index is 0.829. The predicted octanol–water partition coefficient (Wildman–Crippen LogP) is 3.97. The average Bonchev–Trinajstić information content (AvgIpc) is 2.49. The summed E-state index contributed by atoms with van der Waals surface area (Å²) < 4.78 is 0.931. The maximum atomic E-state index is 4.62. The Hall–Kier alpha value is -2.07. The highest BCUT2D eigenvalue weighted by Gasteiger charge is 2.07. The molecule has 0 N–H and O–H groups in total. The highest BCUT2D eigenvalue weighted by molar-refractivity contribution is 9.10. The van der Waals surface area contributed by atoms with Gasteiger partial charge in [0.05, 0.1) is 17.1 Å². The summed E-state index contributed by atoms with van der Waals surface area (Å²) in [6.45, 7) is 0. The molecule has 0 radical (unpaired) electrons. The van der Waals surface area contributed by atoms with Crippen molar-refractivity contribution in [3.05, 3.63) is 65.4 Å². The molecule has 3 heterocycles. The van der Waals surface area contributed by atoms with Crippen molar-refractivity contribution in [3.63, 3.8) is 0 Å². The zero-order valence-corrected chi connectivity index (χ0v) is 11.6. The molecular weight excluding hydrogens is 302 g/mol. The number of hydrogen-bond donors (Lipinski definition) is 0. The van der Waals surface area contributed by atoms with Crippen LogP contribution in [0.3, 0.4) is 0 Å². The van der Waals surface area contributed by atoms with Gasteiger partial charge in [0.25, 0.3) is 0 Å². The van der Waals surface area contributed by atoms with E-state index in [0.29, 0.717) is 0 Å². The van der Waals surface area contributed by atoms with E-state index >= 15 is 0 Å². The molecule has 3 aromatic rings. The maximum Gasteiger partial charge on any atom is 0.103 e. The van der Waals surface area contributed by atoms with Crippen molar-refractivity contribution in [1.82, 2.24) is 15.0 Å². The lowest BCUT2D eigenvalue weighted by Crippen LogP contribution is -1.92. The van der Waals surface area contributed by atoms with Crippen LogP contribution in [0.4, 0.5) is 0 Å². The van der Waals surface area contributed by atoms with E-state index in [9.17, 15) is 0 Å². The third-order valence-electron chi connectivity index (χ3n) is 2.68. The van der Waals surface area contributed by atoms with Crippen LogP contribution in [0.1, 0.15) is 0 Å². The molecule has 3 aromatic heterocycles. The fourth-order valence-corrected chi connectivity index (χ4v) is 2.26. The van der Waals surface area contributed by atoms with Crippen LogP contribution in [0.5, 0.6) is 0 Å². The van der Waals surface area contributed by atoms with Gasteiger partial charge in [0.2, 0.25) is 0 Å². The van der Waals surface area contributed by atoms with Gasteiger partial charge in [-0.3, -0.25) is 9.97 Å². The topological polar surface area (TPSA) is 38.7 Å². The second-order valence-corrected chi connectivity index (χ2v) is 4.81. The van der Waals surface area contributed by atoms with Crippen molar-refractivity contribution >= 4 is 15.9 Å². The molecule has 0 saturated carbocycles. The van der Waals surface area contributed by atoms with E-state index < -0.39 is 0 Å². The molecule has 0 saturated heterocycles. The number of pyridine rings is 3. The zero-order valence-electron chi connectivity index (χ0n) is 9.99. The molecule has 3 nitrogen and oxygen atoms in total. The van der Waals surface area contributed by atoms with Gasteiger partial charge >= 0.3 is 0 Å². The first-order chi connectivity index (χ1) is 9.34. The van der Waals surface area contributed by atoms with Gasteiger partial charge in [-0.05, 0) is 52.3 Å². The lowest BCUT2D eigenvalue weighted by atomic mass is 10.2. The highest BCUT2D eigenvalue weighted by Crippen LogP contribution is 2.25. The van der Waals surface area contributed by atoms with Gasteiger partial charge < -0.3 is 0 Å². The molecule has 0 fully saturated rings. The van der Waals surface area contributed by atoms with Crippen LogP contribution in [0, 0.1) is 0 Å². The summed E-state index contributed by atoms with van der Waals surface area (Å²) >= 11 is 3.50. The molecule has 0 aromatic carbocycles. The second-order valence-electron chi connectivity index (χ2n) is 3.96. The fraction of sp³-hybridized carbons (Fsp3) is 0. The van der Waals surface area contributed by atoms with Gasteiger partial charge in [-0.25, -0.2) is 4.98 Å². The van der Waals surface area contributed by atoms with Crippen LogP contribution in [-0.4, -0.2) is 15.0 Å². The summed E-state index contributed by atoms with van der Waals surface area (Å²) in [6.07, 6.45) is 3.52. The summed E-state index contributed by atoms with van der Waals surface area (Å²) in [4.78, 5) is 13.3. The molecule has 4 heteroatoms. The first kappa shape index (κ1) is 12.0. The van der Waals surface area contributed by atoms with Crippen LogP contribution in [0.2, 0.25) is 0 Å². The normalized spacial score (nSPS) is 10.4. The summed E-state index contributed by atoms with van der Waals surface area (Å²) in [5.41, 5.74) is 3.36. The van der Waals surface area contributed by atoms with Crippen molar-refractivity contribution < 1.29 is 0 Å². The number of nitrogens with zero attached hydrogens (tertiary/aromatic N) is 3. The van der Waals surface area contributed by atoms with Gasteiger partial charge in [0, 0.05) is 16.9 Å². The minimum Gasteiger partial charge on any atom is -0.255 e. The zero-order chi connectivity index (χ0) is 13.1. The lowest BCUT2D eigenvalue weighted by Gasteiger charge is -2.05. The fourth-order valence-electron chi connectivity index (χ4n) is 1.80. The van der Waals surface area contributed by atoms with Gasteiger partial charge in [0.15, 0.2) is 0 Å². The average molecular weight is 312 g/mol. The van der Waals surface area contributed by atoms with Gasteiger partial charge in [-0.15, -0.1) is 0 Å². The Morgan fingerprint density at radius 2 is 1.47 bits per heavy atom. The van der Waals surface area contributed by atoms with E-state index in [1.807, 2.05) is 48.5 Å². The van der Waals surface area contributed by atoms with Gasteiger partial charge in [-0.1, -0.05) is 12.1 Å². The molecule has 0 aliphatic rings. The van der Waals surface area contributed by atoms with Crippen molar-refractivity contribution in [2.45, 2.75) is 0 Å². The molecule has 0 spiro atoms. The molecule has 19 heavy (non-hydrogen) atoms. The third kappa shape index (κ3) is 2.53. The van der Waals surface area contributed by atoms with Crippen LogP contribution in [0.15, 0.2) is 65.4 Å². The van der Waals surface area contributed by atoms with Gasteiger partial charge in [0.1, 0.15) is 5.69 Å². The summed E-state index contributed by atoms with van der Waals surface area (Å²) in [5, 5.41) is 0. The minimum absolute atomic E-state index is 0.829. The monoisotopic (exact) mass is 311 g/mol. The Labute approximate surface area is 119 Å². The molecule has 92 valence electrons. The Bertz CT molecular complexity index is 699. The van der Waals surface area contributed by atoms with Gasteiger partial charge in [-0.2, -0.15) is 0 Å². The van der Waals surface area contributed by atoms with E-state index in [4.69, 9.17) is 0 Å². The summed E-state index contributed by atoms with van der Waals surface area (Å²) in [6, 6.07) is 15.5. The Morgan fingerprint density at radius 3 is 2.26 bits per heavy atom. The molecule has 0 aliphatic carbocycles. The summed E-state index contributed by atoms with van der Waals surface area (Å²) in [5.74, 6) is 0. The Morgan fingerprint density at radius 1 is 0.684 bits per heavy atom. The molecule has 0 atom stereocenters. The Balaban J connectivity index is 2.09. The quantitative estimate of drug-likeness (QED) is 0.719. The van der Waals surface area contributed by atoms with Crippen molar-refractivity contribution in [2.75, 3.05) is 0 Å². The number of halogens is 1. The first-order valence-electron chi connectivity index (χ1n) is 5.84. The molecule has 0 bridgehead atoms. The van der Waals surface area contributed by atoms with E-state index in [-0.39, 0.29) is 0 Å². The highest BCUT2D eigenvalue weighted by atomic mass is 79.9. The van der Waals surface area contributed by atoms with E-state index in [2.05, 4.69) is 30.9 Å².